The lowest BCUT2D eigenvalue weighted by Crippen LogP contribution is -2.49. The second-order valence-corrected chi connectivity index (χ2v) is 4.85. The third-order valence-electron chi connectivity index (χ3n) is 3.73. The summed E-state index contributed by atoms with van der Waals surface area (Å²) in [5.41, 5.74) is 0. The van der Waals surface area contributed by atoms with Crippen LogP contribution in [0.1, 0.15) is 25.7 Å². The SMILES string of the molecule is CNC(=O)C1CCCN1C(=O)[C@@H]1CCCNC1. The van der Waals surface area contributed by atoms with Crippen molar-refractivity contribution in [3.63, 3.8) is 0 Å². The highest BCUT2D eigenvalue weighted by Crippen LogP contribution is 2.22. The number of rotatable bonds is 2. The van der Waals surface area contributed by atoms with Crippen LogP contribution in [0.5, 0.6) is 0 Å². The molecule has 2 rings (SSSR count). The van der Waals surface area contributed by atoms with Gasteiger partial charge in [-0.3, -0.25) is 9.59 Å². The molecule has 2 atom stereocenters. The van der Waals surface area contributed by atoms with Crippen LogP contribution in [0, 0.1) is 5.92 Å². The average molecular weight is 239 g/mol. The topological polar surface area (TPSA) is 61.4 Å². The summed E-state index contributed by atoms with van der Waals surface area (Å²) in [6, 6.07) is -0.241. The average Bonchev–Trinajstić information content (AvgIpc) is 2.87. The maximum atomic E-state index is 12.3. The summed E-state index contributed by atoms with van der Waals surface area (Å²) in [4.78, 5) is 25.8. The number of amides is 2. The van der Waals surface area contributed by atoms with Gasteiger partial charge in [-0.05, 0) is 32.2 Å². The summed E-state index contributed by atoms with van der Waals surface area (Å²) in [7, 11) is 1.63. The summed E-state index contributed by atoms with van der Waals surface area (Å²) in [6.45, 7) is 2.49. The molecule has 0 bridgehead atoms. The molecular weight excluding hydrogens is 218 g/mol. The lowest BCUT2D eigenvalue weighted by molar-refractivity contribution is -0.141. The van der Waals surface area contributed by atoms with Gasteiger partial charge in [0.05, 0.1) is 5.92 Å². The zero-order valence-corrected chi connectivity index (χ0v) is 10.4. The smallest absolute Gasteiger partial charge is 0.242 e. The highest BCUT2D eigenvalue weighted by Gasteiger charge is 2.36. The highest BCUT2D eigenvalue weighted by molar-refractivity contribution is 5.89. The van der Waals surface area contributed by atoms with Crippen molar-refractivity contribution in [2.24, 2.45) is 5.92 Å². The third-order valence-corrected chi connectivity index (χ3v) is 3.73. The van der Waals surface area contributed by atoms with Gasteiger partial charge in [-0.1, -0.05) is 0 Å². The van der Waals surface area contributed by atoms with Gasteiger partial charge in [-0.25, -0.2) is 0 Å². The standard InChI is InChI=1S/C12H21N3O2/c1-13-11(16)10-5-3-7-15(10)12(17)9-4-2-6-14-8-9/h9-10,14H,2-8H2,1H3,(H,13,16)/t9-,10?/m1/s1. The fraction of sp³-hybridized carbons (Fsp3) is 0.833. The highest BCUT2D eigenvalue weighted by atomic mass is 16.2. The first kappa shape index (κ1) is 12.4. The summed E-state index contributed by atoms with van der Waals surface area (Å²) in [6.07, 6.45) is 3.73. The van der Waals surface area contributed by atoms with Crippen LogP contribution in [0.15, 0.2) is 0 Å². The van der Waals surface area contributed by atoms with Gasteiger partial charge in [0.1, 0.15) is 6.04 Å². The van der Waals surface area contributed by atoms with Crippen LogP contribution in [0.4, 0.5) is 0 Å². The summed E-state index contributed by atoms with van der Waals surface area (Å²) in [5, 5.41) is 5.90. The fourth-order valence-corrected chi connectivity index (χ4v) is 2.77. The molecule has 0 aromatic rings. The quantitative estimate of drug-likeness (QED) is 0.697. The van der Waals surface area contributed by atoms with Crippen LogP contribution in [0.3, 0.4) is 0 Å². The Morgan fingerprint density at radius 1 is 1.29 bits per heavy atom. The van der Waals surface area contributed by atoms with Crippen molar-refractivity contribution in [1.82, 2.24) is 15.5 Å². The molecule has 2 amide bonds. The van der Waals surface area contributed by atoms with Gasteiger partial charge in [0.15, 0.2) is 0 Å². The van der Waals surface area contributed by atoms with Crippen LogP contribution in [0.2, 0.25) is 0 Å². The number of hydrogen-bond donors (Lipinski definition) is 2. The minimum Gasteiger partial charge on any atom is -0.357 e. The largest absolute Gasteiger partial charge is 0.357 e. The molecule has 0 aliphatic carbocycles. The predicted octanol–water partition coefficient (Wildman–Crippen LogP) is -0.277. The molecule has 0 radical (unpaired) electrons. The number of carbonyl (C=O) groups is 2. The fourth-order valence-electron chi connectivity index (χ4n) is 2.77. The van der Waals surface area contributed by atoms with Crippen molar-refractivity contribution in [3.8, 4) is 0 Å². The molecule has 5 heteroatoms. The maximum absolute atomic E-state index is 12.3. The lowest BCUT2D eigenvalue weighted by atomic mass is 9.97. The Kier molecular flexibility index (Phi) is 3.99. The lowest BCUT2D eigenvalue weighted by Gasteiger charge is -2.30. The van der Waals surface area contributed by atoms with Gasteiger partial charge in [-0.2, -0.15) is 0 Å². The molecule has 2 N–H and O–H groups in total. The number of likely N-dealkylation sites (tertiary alicyclic amines) is 1. The van der Waals surface area contributed by atoms with Gasteiger partial charge in [0.2, 0.25) is 11.8 Å². The monoisotopic (exact) mass is 239 g/mol. The first-order valence-corrected chi connectivity index (χ1v) is 6.47. The van der Waals surface area contributed by atoms with E-state index in [1.54, 1.807) is 11.9 Å². The molecule has 0 aromatic heterocycles. The Morgan fingerprint density at radius 3 is 2.76 bits per heavy atom. The summed E-state index contributed by atoms with van der Waals surface area (Å²) >= 11 is 0. The molecule has 0 aromatic carbocycles. The van der Waals surface area contributed by atoms with Crippen molar-refractivity contribution in [2.75, 3.05) is 26.7 Å². The second-order valence-electron chi connectivity index (χ2n) is 4.85. The van der Waals surface area contributed by atoms with E-state index in [1.165, 1.54) is 0 Å². The zero-order chi connectivity index (χ0) is 12.3. The van der Waals surface area contributed by atoms with E-state index in [-0.39, 0.29) is 23.8 Å². The maximum Gasteiger partial charge on any atom is 0.242 e. The van der Waals surface area contributed by atoms with Crippen molar-refractivity contribution in [2.45, 2.75) is 31.7 Å². The Balaban J connectivity index is 1.99. The van der Waals surface area contributed by atoms with E-state index in [1.807, 2.05) is 0 Å². The van der Waals surface area contributed by atoms with Crippen molar-refractivity contribution in [1.29, 1.82) is 0 Å². The minimum atomic E-state index is -0.241. The Labute approximate surface area is 102 Å². The van der Waals surface area contributed by atoms with E-state index in [9.17, 15) is 9.59 Å². The van der Waals surface area contributed by atoms with Gasteiger partial charge in [0.25, 0.3) is 0 Å². The van der Waals surface area contributed by atoms with E-state index in [4.69, 9.17) is 0 Å². The third kappa shape index (κ3) is 2.60. The van der Waals surface area contributed by atoms with Crippen molar-refractivity contribution in [3.05, 3.63) is 0 Å². The first-order chi connectivity index (χ1) is 8.24. The molecule has 2 heterocycles. The predicted molar refractivity (Wildman–Crippen MR) is 64.4 cm³/mol. The molecule has 0 saturated carbocycles. The van der Waals surface area contributed by atoms with E-state index < -0.39 is 0 Å². The molecule has 17 heavy (non-hydrogen) atoms. The van der Waals surface area contributed by atoms with E-state index in [2.05, 4.69) is 10.6 Å². The normalized spacial score (nSPS) is 29.1. The number of likely N-dealkylation sites (N-methyl/N-ethyl adjacent to an activating group) is 1. The molecule has 2 fully saturated rings. The molecule has 1 unspecified atom stereocenters. The first-order valence-electron chi connectivity index (χ1n) is 6.47. The molecule has 2 aliphatic heterocycles. The molecule has 96 valence electrons. The van der Waals surface area contributed by atoms with E-state index >= 15 is 0 Å². The number of nitrogens with one attached hydrogen (secondary N) is 2. The van der Waals surface area contributed by atoms with Crippen molar-refractivity contribution < 1.29 is 9.59 Å². The van der Waals surface area contributed by atoms with Crippen molar-refractivity contribution >= 4 is 11.8 Å². The number of hydrogen-bond acceptors (Lipinski definition) is 3. The van der Waals surface area contributed by atoms with Crippen LogP contribution >= 0.6 is 0 Å². The minimum absolute atomic E-state index is 0.0281. The molecule has 2 aliphatic rings. The van der Waals surface area contributed by atoms with Gasteiger partial charge >= 0.3 is 0 Å². The Hall–Kier alpha value is -1.10. The number of nitrogens with zero attached hydrogens (tertiary/aromatic N) is 1. The summed E-state index contributed by atoms with van der Waals surface area (Å²) in [5.74, 6) is 0.192. The van der Waals surface area contributed by atoms with Gasteiger partial charge < -0.3 is 15.5 Å². The van der Waals surface area contributed by atoms with Gasteiger partial charge in [-0.15, -0.1) is 0 Å². The van der Waals surface area contributed by atoms with E-state index in [0.717, 1.165) is 45.3 Å². The van der Waals surface area contributed by atoms with E-state index in [0.29, 0.717) is 0 Å². The Morgan fingerprint density at radius 2 is 2.12 bits per heavy atom. The van der Waals surface area contributed by atoms with Crippen LogP contribution in [0.25, 0.3) is 0 Å². The van der Waals surface area contributed by atoms with Crippen LogP contribution in [-0.2, 0) is 9.59 Å². The number of piperidine rings is 1. The zero-order valence-electron chi connectivity index (χ0n) is 10.4. The molecule has 5 nitrogen and oxygen atoms in total. The van der Waals surface area contributed by atoms with Crippen LogP contribution < -0.4 is 10.6 Å². The molecular formula is C12H21N3O2. The van der Waals surface area contributed by atoms with Crippen LogP contribution in [-0.4, -0.2) is 49.4 Å². The molecule has 0 spiro atoms. The summed E-state index contributed by atoms with van der Waals surface area (Å²) < 4.78 is 0. The van der Waals surface area contributed by atoms with Gasteiger partial charge in [0, 0.05) is 20.1 Å². The molecule has 2 saturated heterocycles. The number of carbonyl (C=O) groups excluding carboxylic acids is 2. The second kappa shape index (κ2) is 5.49. The Bertz CT molecular complexity index is 300.